The third kappa shape index (κ3) is 4.23. The highest BCUT2D eigenvalue weighted by molar-refractivity contribution is 14.1. The van der Waals surface area contributed by atoms with Crippen molar-refractivity contribution in [2.24, 2.45) is 0 Å². The van der Waals surface area contributed by atoms with Gasteiger partial charge < -0.3 is 10.1 Å². The summed E-state index contributed by atoms with van der Waals surface area (Å²) in [5.74, 6) is 0.592. The Morgan fingerprint density at radius 1 is 1.15 bits per heavy atom. The maximum atomic E-state index is 11.8. The van der Waals surface area contributed by atoms with E-state index in [2.05, 4.69) is 27.9 Å². The average molecular weight is 381 g/mol. The Hall–Kier alpha value is -1.56. The summed E-state index contributed by atoms with van der Waals surface area (Å²) >= 11 is 2.22. The smallest absolute Gasteiger partial charge is 0.262 e. The number of halogens is 1. The highest BCUT2D eigenvalue weighted by atomic mass is 127. The summed E-state index contributed by atoms with van der Waals surface area (Å²) in [6, 6.07) is 13.6. The van der Waals surface area contributed by atoms with Crippen molar-refractivity contribution in [3.8, 4) is 5.75 Å². The van der Waals surface area contributed by atoms with E-state index in [1.165, 1.54) is 0 Å². The lowest BCUT2D eigenvalue weighted by molar-refractivity contribution is -0.118. The lowest BCUT2D eigenvalue weighted by Gasteiger charge is -2.10. The highest BCUT2D eigenvalue weighted by Gasteiger charge is 2.05. The molecular formula is C16H16INO2. The van der Waals surface area contributed by atoms with Crippen molar-refractivity contribution in [1.29, 1.82) is 0 Å². The van der Waals surface area contributed by atoms with Crippen molar-refractivity contribution in [1.82, 2.24) is 0 Å². The molecule has 0 bridgehead atoms. The second kappa shape index (κ2) is 6.74. The van der Waals surface area contributed by atoms with E-state index in [4.69, 9.17) is 4.74 Å². The molecule has 0 saturated heterocycles. The summed E-state index contributed by atoms with van der Waals surface area (Å²) in [4.78, 5) is 11.8. The summed E-state index contributed by atoms with van der Waals surface area (Å²) in [5, 5.41) is 2.81. The molecule has 0 aliphatic heterocycles. The molecule has 0 saturated carbocycles. The Bertz CT molecular complexity index is 608. The number of carbonyl (C=O) groups is 1. The Labute approximate surface area is 132 Å². The van der Waals surface area contributed by atoms with Crippen LogP contribution in [0, 0.1) is 17.4 Å². The number of carbonyl (C=O) groups excluding carboxylic acids is 1. The molecule has 2 aromatic carbocycles. The van der Waals surface area contributed by atoms with Gasteiger partial charge in [0.2, 0.25) is 0 Å². The van der Waals surface area contributed by atoms with Crippen LogP contribution in [0.2, 0.25) is 0 Å². The van der Waals surface area contributed by atoms with E-state index in [1.807, 2.05) is 56.3 Å². The first kappa shape index (κ1) is 14.8. The van der Waals surface area contributed by atoms with E-state index in [9.17, 15) is 4.79 Å². The first-order chi connectivity index (χ1) is 9.54. The van der Waals surface area contributed by atoms with Crippen molar-refractivity contribution in [3.05, 3.63) is 57.2 Å². The zero-order valence-corrected chi connectivity index (χ0v) is 13.6. The van der Waals surface area contributed by atoms with Gasteiger partial charge in [0.05, 0.1) is 0 Å². The zero-order valence-electron chi connectivity index (χ0n) is 11.4. The van der Waals surface area contributed by atoms with E-state index in [0.29, 0.717) is 0 Å². The van der Waals surface area contributed by atoms with Gasteiger partial charge in [0.1, 0.15) is 5.75 Å². The monoisotopic (exact) mass is 381 g/mol. The molecule has 20 heavy (non-hydrogen) atoms. The SMILES string of the molecule is Cc1ccc(C)c(OCC(=O)Nc2ccc(I)cc2)c1. The van der Waals surface area contributed by atoms with Crippen molar-refractivity contribution >= 4 is 34.2 Å². The molecule has 0 radical (unpaired) electrons. The van der Waals surface area contributed by atoms with Crippen LogP contribution in [0.5, 0.6) is 5.75 Å². The molecule has 4 heteroatoms. The summed E-state index contributed by atoms with van der Waals surface area (Å²) in [6.07, 6.45) is 0. The van der Waals surface area contributed by atoms with E-state index in [0.717, 1.165) is 26.1 Å². The number of aryl methyl sites for hydroxylation is 2. The van der Waals surface area contributed by atoms with Crippen LogP contribution in [-0.2, 0) is 4.79 Å². The van der Waals surface area contributed by atoms with Gasteiger partial charge in [-0.25, -0.2) is 0 Å². The van der Waals surface area contributed by atoms with E-state index in [1.54, 1.807) is 0 Å². The Morgan fingerprint density at radius 2 is 1.85 bits per heavy atom. The standard InChI is InChI=1S/C16H16INO2/c1-11-3-4-12(2)15(9-11)20-10-16(19)18-14-7-5-13(17)6-8-14/h3-9H,10H2,1-2H3,(H,18,19). The number of ether oxygens (including phenoxy) is 1. The molecule has 104 valence electrons. The maximum Gasteiger partial charge on any atom is 0.262 e. The number of amides is 1. The summed E-state index contributed by atoms with van der Waals surface area (Å²) in [6.45, 7) is 3.97. The fraction of sp³-hybridized carbons (Fsp3) is 0.188. The van der Waals surface area contributed by atoms with E-state index >= 15 is 0 Å². The summed E-state index contributed by atoms with van der Waals surface area (Å²) in [7, 11) is 0. The zero-order chi connectivity index (χ0) is 14.5. The van der Waals surface area contributed by atoms with Gasteiger partial charge >= 0.3 is 0 Å². The van der Waals surface area contributed by atoms with Crippen LogP contribution < -0.4 is 10.1 Å². The highest BCUT2D eigenvalue weighted by Crippen LogP contribution is 2.19. The van der Waals surface area contributed by atoms with Gasteiger partial charge in [0.15, 0.2) is 6.61 Å². The van der Waals surface area contributed by atoms with Crippen molar-refractivity contribution in [3.63, 3.8) is 0 Å². The number of hydrogen-bond acceptors (Lipinski definition) is 2. The molecule has 0 atom stereocenters. The van der Waals surface area contributed by atoms with Crippen LogP contribution in [0.1, 0.15) is 11.1 Å². The topological polar surface area (TPSA) is 38.3 Å². The predicted molar refractivity (Wildman–Crippen MR) is 89.2 cm³/mol. The molecule has 3 nitrogen and oxygen atoms in total. The number of anilines is 1. The molecule has 2 aromatic rings. The van der Waals surface area contributed by atoms with Gasteiger partial charge in [-0.15, -0.1) is 0 Å². The van der Waals surface area contributed by atoms with Crippen molar-refractivity contribution in [2.75, 3.05) is 11.9 Å². The van der Waals surface area contributed by atoms with Crippen LogP contribution in [0.3, 0.4) is 0 Å². The van der Waals surface area contributed by atoms with Crippen LogP contribution in [0.15, 0.2) is 42.5 Å². The van der Waals surface area contributed by atoms with Crippen LogP contribution in [0.4, 0.5) is 5.69 Å². The second-order valence-electron chi connectivity index (χ2n) is 4.61. The fourth-order valence-corrected chi connectivity index (χ4v) is 2.10. The molecule has 0 unspecified atom stereocenters. The van der Waals surface area contributed by atoms with Gasteiger partial charge in [-0.05, 0) is 77.9 Å². The molecule has 1 amide bonds. The minimum atomic E-state index is -0.160. The van der Waals surface area contributed by atoms with Gasteiger partial charge in [-0.3, -0.25) is 4.79 Å². The number of benzene rings is 2. The number of rotatable bonds is 4. The minimum Gasteiger partial charge on any atom is -0.483 e. The van der Waals surface area contributed by atoms with Gasteiger partial charge in [-0.1, -0.05) is 12.1 Å². The average Bonchev–Trinajstić information content (AvgIpc) is 2.42. The molecule has 1 N–H and O–H groups in total. The third-order valence-electron chi connectivity index (χ3n) is 2.83. The van der Waals surface area contributed by atoms with E-state index < -0.39 is 0 Å². The van der Waals surface area contributed by atoms with Crippen molar-refractivity contribution in [2.45, 2.75) is 13.8 Å². The lowest BCUT2D eigenvalue weighted by atomic mass is 10.1. The van der Waals surface area contributed by atoms with Crippen LogP contribution in [-0.4, -0.2) is 12.5 Å². The van der Waals surface area contributed by atoms with Gasteiger partial charge in [0, 0.05) is 9.26 Å². The van der Waals surface area contributed by atoms with Crippen LogP contribution >= 0.6 is 22.6 Å². The maximum absolute atomic E-state index is 11.8. The molecule has 0 spiro atoms. The predicted octanol–water partition coefficient (Wildman–Crippen LogP) is 3.93. The fourth-order valence-electron chi connectivity index (χ4n) is 1.74. The Kier molecular flexibility index (Phi) is 5.00. The van der Waals surface area contributed by atoms with Gasteiger partial charge in [-0.2, -0.15) is 0 Å². The largest absolute Gasteiger partial charge is 0.483 e. The molecule has 0 heterocycles. The van der Waals surface area contributed by atoms with E-state index in [-0.39, 0.29) is 12.5 Å². The molecule has 0 aromatic heterocycles. The number of hydrogen-bond donors (Lipinski definition) is 1. The second-order valence-corrected chi connectivity index (χ2v) is 5.86. The first-order valence-electron chi connectivity index (χ1n) is 6.30. The molecule has 0 aliphatic rings. The summed E-state index contributed by atoms with van der Waals surface area (Å²) in [5.41, 5.74) is 2.92. The van der Waals surface area contributed by atoms with Gasteiger partial charge in [0.25, 0.3) is 5.91 Å². The third-order valence-corrected chi connectivity index (χ3v) is 3.55. The minimum absolute atomic E-state index is 0.0102. The quantitative estimate of drug-likeness (QED) is 0.816. The molecule has 2 rings (SSSR count). The Morgan fingerprint density at radius 3 is 2.55 bits per heavy atom. The molecule has 0 fully saturated rings. The molecule has 0 aliphatic carbocycles. The molecular weight excluding hydrogens is 365 g/mol. The van der Waals surface area contributed by atoms with Crippen LogP contribution in [0.25, 0.3) is 0 Å². The lowest BCUT2D eigenvalue weighted by Crippen LogP contribution is -2.20. The van der Waals surface area contributed by atoms with Crippen molar-refractivity contribution < 1.29 is 9.53 Å². The summed E-state index contributed by atoms with van der Waals surface area (Å²) < 4.78 is 6.69. The number of nitrogens with one attached hydrogen (secondary N) is 1. The Balaban J connectivity index is 1.92. The first-order valence-corrected chi connectivity index (χ1v) is 7.38. The normalized spacial score (nSPS) is 10.2.